The maximum Gasteiger partial charge on any atom is 0.375 e. The fourth-order valence-corrected chi connectivity index (χ4v) is 1.91. The van der Waals surface area contributed by atoms with E-state index in [0.717, 1.165) is 5.57 Å². The number of rotatable bonds is 4. The van der Waals surface area contributed by atoms with Crippen LogP contribution in [0.2, 0.25) is 0 Å². The fraction of sp³-hybridized carbons (Fsp3) is 0.357. The summed E-state index contributed by atoms with van der Waals surface area (Å²) >= 11 is 0. The number of cyclic esters (lactones) is 1. The SMILES string of the molecule is C=C1C=CC=CC1C1NC(=NCC(=O)OCC)C(=O)O1. The molecule has 106 valence electrons. The molecule has 0 spiro atoms. The number of carbonyl (C=O) groups excluding carboxylic acids is 2. The largest absolute Gasteiger partial charge is 0.465 e. The zero-order chi connectivity index (χ0) is 14.5. The second kappa shape index (κ2) is 6.18. The van der Waals surface area contributed by atoms with E-state index in [1.165, 1.54) is 0 Å². The van der Waals surface area contributed by atoms with Crippen molar-refractivity contribution < 1.29 is 19.1 Å². The van der Waals surface area contributed by atoms with Crippen LogP contribution in [0.25, 0.3) is 0 Å². The summed E-state index contributed by atoms with van der Waals surface area (Å²) in [6.45, 7) is 5.68. The first-order valence-corrected chi connectivity index (χ1v) is 6.33. The Morgan fingerprint density at radius 2 is 2.35 bits per heavy atom. The highest BCUT2D eigenvalue weighted by molar-refractivity contribution is 6.37. The van der Waals surface area contributed by atoms with Gasteiger partial charge in [0, 0.05) is 0 Å². The van der Waals surface area contributed by atoms with Crippen LogP contribution in [0.4, 0.5) is 0 Å². The van der Waals surface area contributed by atoms with Crippen molar-refractivity contribution in [2.24, 2.45) is 10.9 Å². The highest BCUT2D eigenvalue weighted by atomic mass is 16.6. The van der Waals surface area contributed by atoms with Crippen LogP contribution in [0.5, 0.6) is 0 Å². The molecule has 0 aromatic heterocycles. The van der Waals surface area contributed by atoms with Gasteiger partial charge in [-0.2, -0.15) is 0 Å². The Hall–Kier alpha value is -2.37. The van der Waals surface area contributed by atoms with E-state index in [-0.39, 0.29) is 24.9 Å². The van der Waals surface area contributed by atoms with Crippen LogP contribution in [-0.2, 0) is 19.1 Å². The minimum atomic E-state index is -0.574. The van der Waals surface area contributed by atoms with Gasteiger partial charge in [-0.25, -0.2) is 4.79 Å². The third kappa shape index (κ3) is 3.14. The molecule has 1 fully saturated rings. The van der Waals surface area contributed by atoms with Crippen molar-refractivity contribution in [2.75, 3.05) is 13.2 Å². The van der Waals surface area contributed by atoms with Crippen LogP contribution in [0.1, 0.15) is 6.92 Å². The number of nitrogens with one attached hydrogen (secondary N) is 1. The van der Waals surface area contributed by atoms with E-state index in [4.69, 9.17) is 9.47 Å². The number of hydrogen-bond acceptors (Lipinski definition) is 5. The van der Waals surface area contributed by atoms with Crippen molar-refractivity contribution in [3.8, 4) is 0 Å². The summed E-state index contributed by atoms with van der Waals surface area (Å²) in [5.41, 5.74) is 0.837. The molecule has 0 radical (unpaired) electrons. The molecule has 2 atom stereocenters. The third-order valence-electron chi connectivity index (χ3n) is 2.87. The quantitative estimate of drug-likeness (QED) is 0.766. The van der Waals surface area contributed by atoms with Gasteiger partial charge < -0.3 is 14.8 Å². The molecule has 6 heteroatoms. The van der Waals surface area contributed by atoms with Crippen LogP contribution in [0.3, 0.4) is 0 Å². The third-order valence-corrected chi connectivity index (χ3v) is 2.87. The Morgan fingerprint density at radius 3 is 3.05 bits per heavy atom. The van der Waals surface area contributed by atoms with Gasteiger partial charge in [0.05, 0.1) is 12.5 Å². The van der Waals surface area contributed by atoms with Gasteiger partial charge in [0.25, 0.3) is 0 Å². The van der Waals surface area contributed by atoms with Crippen molar-refractivity contribution in [1.29, 1.82) is 0 Å². The normalized spacial score (nSPS) is 26.6. The molecule has 0 bridgehead atoms. The van der Waals surface area contributed by atoms with Crippen LogP contribution in [0.15, 0.2) is 41.4 Å². The highest BCUT2D eigenvalue weighted by Crippen LogP contribution is 2.23. The molecule has 2 aliphatic rings. The predicted molar refractivity (Wildman–Crippen MR) is 72.9 cm³/mol. The number of ether oxygens (including phenoxy) is 2. The molecule has 1 heterocycles. The van der Waals surface area contributed by atoms with E-state index >= 15 is 0 Å². The summed E-state index contributed by atoms with van der Waals surface area (Å²) in [6, 6.07) is 0. The van der Waals surface area contributed by atoms with Gasteiger partial charge in [0.1, 0.15) is 6.54 Å². The average molecular weight is 276 g/mol. The maximum absolute atomic E-state index is 11.7. The monoisotopic (exact) mass is 276 g/mol. The molecule has 0 aromatic carbocycles. The minimum Gasteiger partial charge on any atom is -0.465 e. The molecular weight excluding hydrogens is 260 g/mol. The molecule has 1 aliphatic heterocycles. The number of allylic oxidation sites excluding steroid dienone is 3. The molecule has 0 saturated carbocycles. The van der Waals surface area contributed by atoms with Gasteiger partial charge in [0.15, 0.2) is 6.23 Å². The molecule has 1 N–H and O–H groups in total. The minimum absolute atomic E-state index is 0.0406. The molecule has 2 unspecified atom stereocenters. The average Bonchev–Trinajstić information content (AvgIpc) is 2.78. The maximum atomic E-state index is 11.7. The first-order chi connectivity index (χ1) is 9.61. The van der Waals surface area contributed by atoms with E-state index < -0.39 is 18.2 Å². The van der Waals surface area contributed by atoms with E-state index in [1.807, 2.05) is 24.3 Å². The lowest BCUT2D eigenvalue weighted by Crippen LogP contribution is -2.34. The number of esters is 2. The Morgan fingerprint density at radius 1 is 1.55 bits per heavy atom. The molecule has 0 amide bonds. The van der Waals surface area contributed by atoms with Gasteiger partial charge >= 0.3 is 11.9 Å². The summed E-state index contributed by atoms with van der Waals surface area (Å²) in [7, 11) is 0. The van der Waals surface area contributed by atoms with Gasteiger partial charge in [-0.1, -0.05) is 30.9 Å². The number of amidine groups is 1. The number of nitrogens with zero attached hydrogens (tertiary/aromatic N) is 1. The van der Waals surface area contributed by atoms with Crippen molar-refractivity contribution in [3.63, 3.8) is 0 Å². The summed E-state index contributed by atoms with van der Waals surface area (Å²) < 4.78 is 9.93. The summed E-state index contributed by atoms with van der Waals surface area (Å²) in [6.07, 6.45) is 6.93. The molecule has 20 heavy (non-hydrogen) atoms. The lowest BCUT2D eigenvalue weighted by atomic mass is 9.94. The lowest BCUT2D eigenvalue weighted by molar-refractivity contribution is -0.141. The summed E-state index contributed by atoms with van der Waals surface area (Å²) in [4.78, 5) is 26.7. The Kier molecular flexibility index (Phi) is 4.34. The number of aliphatic imine (C=N–C) groups is 1. The lowest BCUT2D eigenvalue weighted by Gasteiger charge is -2.21. The zero-order valence-corrected chi connectivity index (χ0v) is 11.2. The van der Waals surface area contributed by atoms with E-state index in [0.29, 0.717) is 0 Å². The molecule has 6 nitrogen and oxygen atoms in total. The summed E-state index contributed by atoms with van der Waals surface area (Å²) in [5.74, 6) is -1.16. The smallest absolute Gasteiger partial charge is 0.375 e. The second-order valence-electron chi connectivity index (χ2n) is 4.28. The molecular formula is C14H16N2O4. The van der Waals surface area contributed by atoms with Gasteiger partial charge in [-0.3, -0.25) is 9.79 Å². The van der Waals surface area contributed by atoms with Crippen LogP contribution in [-0.4, -0.2) is 37.2 Å². The predicted octanol–water partition coefficient (Wildman–Crippen LogP) is 0.719. The van der Waals surface area contributed by atoms with E-state index in [1.54, 1.807) is 6.92 Å². The first-order valence-electron chi connectivity index (χ1n) is 6.33. The van der Waals surface area contributed by atoms with Crippen LogP contribution in [0, 0.1) is 5.92 Å². The molecule has 0 aromatic rings. The van der Waals surface area contributed by atoms with Crippen LogP contribution >= 0.6 is 0 Å². The van der Waals surface area contributed by atoms with E-state index in [9.17, 15) is 9.59 Å². The molecule has 1 aliphatic carbocycles. The van der Waals surface area contributed by atoms with Gasteiger partial charge in [0.2, 0.25) is 5.84 Å². The van der Waals surface area contributed by atoms with Crippen molar-refractivity contribution in [3.05, 3.63) is 36.5 Å². The van der Waals surface area contributed by atoms with Crippen molar-refractivity contribution in [2.45, 2.75) is 13.2 Å². The second-order valence-corrected chi connectivity index (χ2v) is 4.28. The highest BCUT2D eigenvalue weighted by Gasteiger charge is 2.35. The van der Waals surface area contributed by atoms with Gasteiger partial charge in [-0.15, -0.1) is 0 Å². The summed E-state index contributed by atoms with van der Waals surface area (Å²) in [5, 5.41) is 2.86. The fourth-order valence-electron chi connectivity index (χ4n) is 1.91. The molecule has 1 saturated heterocycles. The van der Waals surface area contributed by atoms with Crippen molar-refractivity contribution >= 4 is 17.8 Å². The number of carbonyl (C=O) groups is 2. The number of hydrogen-bond donors (Lipinski definition) is 1. The van der Waals surface area contributed by atoms with E-state index in [2.05, 4.69) is 16.9 Å². The Balaban J connectivity index is 1.98. The Bertz CT molecular complexity index is 519. The van der Waals surface area contributed by atoms with Gasteiger partial charge in [-0.05, 0) is 12.5 Å². The standard InChI is InChI=1S/C14H16N2O4/c1-3-19-11(17)8-15-12-14(18)20-13(16-12)10-7-5-4-6-9(10)2/h4-7,10,13H,2-3,8H2,1H3,(H,15,16). The Labute approximate surface area is 116 Å². The molecule has 2 rings (SSSR count). The zero-order valence-electron chi connectivity index (χ0n) is 11.2. The van der Waals surface area contributed by atoms with Crippen molar-refractivity contribution in [1.82, 2.24) is 5.32 Å². The first kappa shape index (κ1) is 14.0. The van der Waals surface area contributed by atoms with Crippen LogP contribution < -0.4 is 5.32 Å². The topological polar surface area (TPSA) is 77.0 Å².